The summed E-state index contributed by atoms with van der Waals surface area (Å²) in [6, 6.07) is 8.04. The number of sulfonamides is 1. The minimum Gasteiger partial charge on any atom is -0.465 e. The van der Waals surface area contributed by atoms with E-state index in [4.69, 9.17) is 4.74 Å². The highest BCUT2D eigenvalue weighted by atomic mass is 32.2. The van der Waals surface area contributed by atoms with Crippen molar-refractivity contribution in [1.82, 2.24) is 0 Å². The van der Waals surface area contributed by atoms with Gasteiger partial charge in [-0.1, -0.05) is 13.8 Å². The SMILES string of the molecule is CCC1(CC)N=C(c2ccc(F)cc2F)c2ccc(NS(C)(=O)=O)cc2O1. The van der Waals surface area contributed by atoms with Gasteiger partial charge in [-0.25, -0.2) is 22.2 Å². The van der Waals surface area contributed by atoms with E-state index in [9.17, 15) is 17.2 Å². The fourth-order valence-corrected chi connectivity index (χ4v) is 3.57. The first kappa shape index (κ1) is 19.3. The summed E-state index contributed by atoms with van der Waals surface area (Å²) in [7, 11) is -3.46. The summed E-state index contributed by atoms with van der Waals surface area (Å²) in [6.07, 6.45) is 2.11. The molecule has 0 radical (unpaired) electrons. The normalized spacial score (nSPS) is 15.5. The average Bonchev–Trinajstić information content (AvgIpc) is 2.59. The molecule has 0 spiro atoms. The Bertz CT molecular complexity index is 1020. The molecule has 2 aromatic rings. The molecule has 3 rings (SSSR count). The van der Waals surface area contributed by atoms with Crippen molar-refractivity contribution in [3.63, 3.8) is 0 Å². The Hall–Kier alpha value is -2.48. The van der Waals surface area contributed by atoms with Crippen LogP contribution in [0.5, 0.6) is 5.75 Å². The molecule has 0 saturated carbocycles. The van der Waals surface area contributed by atoms with Gasteiger partial charge in [0.2, 0.25) is 10.0 Å². The zero-order valence-corrected chi connectivity index (χ0v) is 16.0. The predicted molar refractivity (Wildman–Crippen MR) is 101 cm³/mol. The van der Waals surface area contributed by atoms with Gasteiger partial charge >= 0.3 is 0 Å². The van der Waals surface area contributed by atoms with E-state index in [0.717, 1.165) is 12.3 Å². The lowest BCUT2D eigenvalue weighted by atomic mass is 9.96. The minimum absolute atomic E-state index is 0.163. The van der Waals surface area contributed by atoms with Gasteiger partial charge in [0.1, 0.15) is 17.4 Å². The number of nitrogens with zero attached hydrogens (tertiary/aromatic N) is 1. The fourth-order valence-electron chi connectivity index (χ4n) is 3.01. The minimum atomic E-state index is -3.46. The van der Waals surface area contributed by atoms with Crippen molar-refractivity contribution in [3.8, 4) is 5.75 Å². The average molecular weight is 394 g/mol. The number of aliphatic imine (C=N–C) groups is 1. The van der Waals surface area contributed by atoms with E-state index in [1.54, 1.807) is 18.2 Å². The van der Waals surface area contributed by atoms with Crippen LogP contribution in [-0.2, 0) is 10.0 Å². The zero-order chi connectivity index (χ0) is 19.8. The Morgan fingerprint density at radius 1 is 1.07 bits per heavy atom. The Morgan fingerprint density at radius 3 is 2.33 bits per heavy atom. The van der Waals surface area contributed by atoms with Crippen molar-refractivity contribution in [2.75, 3.05) is 11.0 Å². The van der Waals surface area contributed by atoms with Crippen LogP contribution in [0.2, 0.25) is 0 Å². The number of nitrogens with one attached hydrogen (secondary N) is 1. The highest BCUT2D eigenvalue weighted by Gasteiger charge is 2.35. The van der Waals surface area contributed by atoms with Gasteiger partial charge in [0.25, 0.3) is 0 Å². The largest absolute Gasteiger partial charge is 0.465 e. The number of benzene rings is 2. The Balaban J connectivity index is 2.18. The van der Waals surface area contributed by atoms with Crippen LogP contribution < -0.4 is 9.46 Å². The van der Waals surface area contributed by atoms with Crippen molar-refractivity contribution in [3.05, 3.63) is 59.2 Å². The van der Waals surface area contributed by atoms with Crippen LogP contribution in [0.1, 0.15) is 37.8 Å². The van der Waals surface area contributed by atoms with Crippen LogP contribution in [0.25, 0.3) is 0 Å². The van der Waals surface area contributed by atoms with E-state index in [2.05, 4.69) is 9.71 Å². The lowest BCUT2D eigenvalue weighted by Crippen LogP contribution is -2.37. The monoisotopic (exact) mass is 394 g/mol. The second-order valence-electron chi connectivity index (χ2n) is 6.43. The standard InChI is InChI=1S/C19H20F2N2O3S/c1-4-19(5-2)22-18(14-8-6-12(20)10-16(14)21)15-9-7-13(11-17(15)26-19)23-27(3,24)25/h6-11,23H,4-5H2,1-3H3. The highest BCUT2D eigenvalue weighted by molar-refractivity contribution is 7.92. The summed E-state index contributed by atoms with van der Waals surface area (Å²) in [6.45, 7) is 3.80. The molecule has 1 N–H and O–H groups in total. The van der Waals surface area contributed by atoms with E-state index in [1.165, 1.54) is 12.1 Å². The van der Waals surface area contributed by atoms with Crippen molar-refractivity contribution >= 4 is 21.4 Å². The molecule has 1 aliphatic heterocycles. The van der Waals surface area contributed by atoms with E-state index in [-0.39, 0.29) is 5.56 Å². The van der Waals surface area contributed by atoms with Crippen molar-refractivity contribution in [2.45, 2.75) is 32.4 Å². The molecule has 0 amide bonds. The van der Waals surface area contributed by atoms with E-state index < -0.39 is 27.4 Å². The first-order valence-corrected chi connectivity index (χ1v) is 10.4. The molecule has 8 heteroatoms. The van der Waals surface area contributed by atoms with Crippen molar-refractivity contribution < 1.29 is 21.9 Å². The molecule has 27 heavy (non-hydrogen) atoms. The van der Waals surface area contributed by atoms with Gasteiger partial charge in [-0.05, 0) is 24.3 Å². The molecule has 1 aliphatic rings. The third kappa shape index (κ3) is 3.95. The maximum absolute atomic E-state index is 14.4. The molecule has 0 saturated heterocycles. The quantitative estimate of drug-likeness (QED) is 0.831. The van der Waals surface area contributed by atoms with Crippen molar-refractivity contribution in [2.24, 2.45) is 4.99 Å². The highest BCUT2D eigenvalue weighted by Crippen LogP contribution is 2.38. The first-order chi connectivity index (χ1) is 12.7. The van der Waals surface area contributed by atoms with Crippen LogP contribution in [0.15, 0.2) is 41.4 Å². The molecule has 1 heterocycles. The lowest BCUT2D eigenvalue weighted by Gasteiger charge is -2.35. The molecule has 0 atom stereocenters. The molecular formula is C19H20F2N2O3S. The summed E-state index contributed by atoms with van der Waals surface area (Å²) in [5, 5.41) is 0. The third-order valence-electron chi connectivity index (χ3n) is 4.45. The first-order valence-electron chi connectivity index (χ1n) is 8.53. The molecule has 2 aromatic carbocycles. The van der Waals surface area contributed by atoms with Crippen LogP contribution in [0.4, 0.5) is 14.5 Å². The van der Waals surface area contributed by atoms with Gasteiger partial charge in [0, 0.05) is 36.1 Å². The Kier molecular flexibility index (Phi) is 4.94. The lowest BCUT2D eigenvalue weighted by molar-refractivity contribution is 0.0660. The number of fused-ring (bicyclic) bond motifs is 1. The zero-order valence-electron chi connectivity index (χ0n) is 15.2. The summed E-state index contributed by atoms with van der Waals surface area (Å²) < 4.78 is 59.3. The van der Waals surface area contributed by atoms with Crippen LogP contribution in [0.3, 0.4) is 0 Å². The number of ether oxygens (including phenoxy) is 1. The third-order valence-corrected chi connectivity index (χ3v) is 5.05. The summed E-state index contributed by atoms with van der Waals surface area (Å²) >= 11 is 0. The second kappa shape index (κ2) is 6.92. The van der Waals surface area contributed by atoms with Gasteiger partial charge in [-0.3, -0.25) is 4.72 Å². The van der Waals surface area contributed by atoms with Gasteiger partial charge < -0.3 is 4.74 Å². The van der Waals surface area contributed by atoms with Crippen LogP contribution in [-0.4, -0.2) is 26.1 Å². The van der Waals surface area contributed by atoms with Crippen LogP contribution in [0, 0.1) is 11.6 Å². The molecular weight excluding hydrogens is 374 g/mol. The predicted octanol–water partition coefficient (Wildman–Crippen LogP) is 4.08. The van der Waals surface area contributed by atoms with E-state index in [0.29, 0.717) is 35.6 Å². The maximum Gasteiger partial charge on any atom is 0.229 e. The summed E-state index contributed by atoms with van der Waals surface area (Å²) in [5.74, 6) is -1.00. The molecule has 0 aliphatic carbocycles. The van der Waals surface area contributed by atoms with Gasteiger partial charge in [0.15, 0.2) is 5.72 Å². The Labute approximate surface area is 157 Å². The van der Waals surface area contributed by atoms with Crippen molar-refractivity contribution in [1.29, 1.82) is 0 Å². The molecule has 0 unspecified atom stereocenters. The van der Waals surface area contributed by atoms with Gasteiger partial charge in [-0.15, -0.1) is 0 Å². The number of hydrogen-bond donors (Lipinski definition) is 1. The maximum atomic E-state index is 14.4. The number of anilines is 1. The van der Waals surface area contributed by atoms with Crippen LogP contribution >= 0.6 is 0 Å². The molecule has 0 aromatic heterocycles. The fraction of sp³-hybridized carbons (Fsp3) is 0.316. The molecule has 5 nitrogen and oxygen atoms in total. The summed E-state index contributed by atoms with van der Waals surface area (Å²) in [4.78, 5) is 4.65. The summed E-state index contributed by atoms with van der Waals surface area (Å²) in [5.41, 5.74) is 0.446. The Morgan fingerprint density at radius 2 is 1.74 bits per heavy atom. The molecule has 0 bridgehead atoms. The number of hydrogen-bond acceptors (Lipinski definition) is 4. The number of halogens is 2. The smallest absolute Gasteiger partial charge is 0.229 e. The second-order valence-corrected chi connectivity index (χ2v) is 8.17. The van der Waals surface area contributed by atoms with Gasteiger partial charge in [-0.2, -0.15) is 0 Å². The molecule has 0 fully saturated rings. The number of rotatable bonds is 5. The van der Waals surface area contributed by atoms with E-state index in [1.807, 2.05) is 13.8 Å². The van der Waals surface area contributed by atoms with Gasteiger partial charge in [0.05, 0.1) is 17.7 Å². The van der Waals surface area contributed by atoms with E-state index >= 15 is 0 Å². The molecule has 144 valence electrons. The topological polar surface area (TPSA) is 67.8 Å².